The summed E-state index contributed by atoms with van der Waals surface area (Å²) in [6.45, 7) is 5.45. The zero-order chi connectivity index (χ0) is 21.5. The van der Waals surface area contributed by atoms with Gasteiger partial charge >= 0.3 is 0 Å². The lowest BCUT2D eigenvalue weighted by molar-refractivity contribution is 0.0816. The molecule has 0 aliphatic carbocycles. The lowest BCUT2D eigenvalue weighted by Gasteiger charge is -2.21. The highest BCUT2D eigenvalue weighted by Gasteiger charge is 2.27. The molecule has 0 bridgehead atoms. The van der Waals surface area contributed by atoms with E-state index in [1.807, 2.05) is 25.2 Å². The van der Waals surface area contributed by atoms with Gasteiger partial charge in [0, 0.05) is 38.5 Å². The minimum atomic E-state index is -0.803. The molecule has 0 aliphatic heterocycles. The summed E-state index contributed by atoms with van der Waals surface area (Å²) in [5.41, 5.74) is 7.76. The van der Waals surface area contributed by atoms with Gasteiger partial charge in [-0.25, -0.2) is 14.4 Å². The molecule has 2 heterocycles. The Kier molecular flexibility index (Phi) is 5.66. The molecular formula is C20H23ClFN5O2. The third-order valence-corrected chi connectivity index (χ3v) is 4.68. The Hall–Kier alpha value is -2.87. The molecule has 0 saturated carbocycles. The first-order valence-corrected chi connectivity index (χ1v) is 9.46. The second kappa shape index (κ2) is 7.87. The van der Waals surface area contributed by atoms with Crippen molar-refractivity contribution in [3.63, 3.8) is 0 Å². The summed E-state index contributed by atoms with van der Waals surface area (Å²) >= 11 is 6.13. The second-order valence-electron chi connectivity index (χ2n) is 7.22. The molecule has 0 spiro atoms. The first-order chi connectivity index (χ1) is 13.6. The number of hydrogen-bond donors (Lipinski definition) is 1. The third-order valence-electron chi connectivity index (χ3n) is 4.40. The van der Waals surface area contributed by atoms with Crippen LogP contribution in [0.25, 0.3) is 5.52 Å². The molecule has 2 N–H and O–H groups in total. The van der Waals surface area contributed by atoms with Crippen LogP contribution in [0.4, 0.5) is 10.2 Å². The number of carbonyl (C=O) groups excluding carboxylic acids is 1. The van der Waals surface area contributed by atoms with Gasteiger partial charge in [-0.3, -0.25) is 9.20 Å². The van der Waals surface area contributed by atoms with Crippen molar-refractivity contribution < 1.29 is 13.9 Å². The first-order valence-electron chi connectivity index (χ1n) is 9.09. The molecule has 7 nitrogen and oxygen atoms in total. The van der Waals surface area contributed by atoms with E-state index in [0.717, 1.165) is 5.69 Å². The number of anilines is 1. The molecule has 2 aromatic heterocycles. The van der Waals surface area contributed by atoms with Crippen molar-refractivity contribution in [1.82, 2.24) is 19.3 Å². The molecule has 1 amide bonds. The normalized spacial score (nSPS) is 11.3. The smallest absolute Gasteiger partial charge is 0.260 e. The summed E-state index contributed by atoms with van der Waals surface area (Å²) in [6, 6.07) is 1.47. The van der Waals surface area contributed by atoms with Crippen LogP contribution in [-0.2, 0) is 6.42 Å². The van der Waals surface area contributed by atoms with Crippen LogP contribution in [0.5, 0.6) is 5.75 Å². The number of halogens is 2. The van der Waals surface area contributed by atoms with E-state index in [0.29, 0.717) is 22.7 Å². The summed E-state index contributed by atoms with van der Waals surface area (Å²) in [5.74, 6) is -0.159. The largest absolute Gasteiger partial charge is 0.490 e. The number of fused-ring (bicyclic) bond motifs is 1. The molecule has 3 aromatic rings. The topological polar surface area (TPSA) is 85.8 Å². The van der Waals surface area contributed by atoms with Gasteiger partial charge in [-0.15, -0.1) is 0 Å². The summed E-state index contributed by atoms with van der Waals surface area (Å²) in [6.07, 6.45) is 3.31. The number of amides is 1. The molecule has 9 heteroatoms. The number of hydrogen-bond acceptors (Lipinski definition) is 5. The second-order valence-corrected chi connectivity index (χ2v) is 7.63. The Morgan fingerprint density at radius 3 is 2.72 bits per heavy atom. The average Bonchev–Trinajstić information content (AvgIpc) is 2.95. The summed E-state index contributed by atoms with van der Waals surface area (Å²) < 4.78 is 22.5. The van der Waals surface area contributed by atoms with Gasteiger partial charge in [-0.2, -0.15) is 0 Å². The van der Waals surface area contributed by atoms with Gasteiger partial charge in [0.05, 0.1) is 16.8 Å². The maximum atomic E-state index is 14.8. The molecule has 154 valence electrons. The van der Waals surface area contributed by atoms with Crippen LogP contribution < -0.4 is 10.5 Å². The van der Waals surface area contributed by atoms with Crippen molar-refractivity contribution in [3.8, 4) is 5.75 Å². The number of aryl methyl sites for hydroxylation is 1. The fourth-order valence-electron chi connectivity index (χ4n) is 3.19. The van der Waals surface area contributed by atoms with E-state index in [4.69, 9.17) is 22.1 Å². The van der Waals surface area contributed by atoms with E-state index >= 15 is 0 Å². The maximum Gasteiger partial charge on any atom is 0.260 e. The lowest BCUT2D eigenvalue weighted by atomic mass is 10.0. The predicted octanol–water partition coefficient (Wildman–Crippen LogP) is 3.49. The third kappa shape index (κ3) is 3.85. The van der Waals surface area contributed by atoms with Crippen molar-refractivity contribution in [2.45, 2.75) is 33.3 Å². The van der Waals surface area contributed by atoms with Crippen molar-refractivity contribution in [1.29, 1.82) is 0 Å². The van der Waals surface area contributed by atoms with Gasteiger partial charge in [-0.1, -0.05) is 11.6 Å². The monoisotopic (exact) mass is 419 g/mol. The van der Waals surface area contributed by atoms with Gasteiger partial charge < -0.3 is 15.4 Å². The summed E-state index contributed by atoms with van der Waals surface area (Å²) in [4.78, 5) is 22.7. The van der Waals surface area contributed by atoms with Gasteiger partial charge in [0.1, 0.15) is 28.5 Å². The van der Waals surface area contributed by atoms with Crippen LogP contribution >= 0.6 is 11.6 Å². The molecular weight excluding hydrogens is 397 g/mol. The van der Waals surface area contributed by atoms with Crippen LogP contribution in [0.3, 0.4) is 0 Å². The first kappa shape index (κ1) is 20.9. The number of carbonyl (C=O) groups is 1. The van der Waals surface area contributed by atoms with E-state index < -0.39 is 11.7 Å². The molecule has 0 saturated heterocycles. The molecule has 29 heavy (non-hydrogen) atoms. The Morgan fingerprint density at radius 1 is 1.41 bits per heavy atom. The minimum absolute atomic E-state index is 0.153. The van der Waals surface area contributed by atoms with Gasteiger partial charge in [0.15, 0.2) is 5.82 Å². The van der Waals surface area contributed by atoms with Gasteiger partial charge in [0.2, 0.25) is 0 Å². The Balaban J connectivity index is 2.22. The Bertz CT molecular complexity index is 1090. The number of ether oxygens (including phenoxy) is 1. The number of nitrogens with two attached hydrogens (primary N) is 1. The number of benzene rings is 1. The van der Waals surface area contributed by atoms with Crippen LogP contribution in [0, 0.1) is 12.7 Å². The van der Waals surface area contributed by atoms with Crippen molar-refractivity contribution in [3.05, 3.63) is 51.9 Å². The van der Waals surface area contributed by atoms with Crippen LogP contribution in [0.1, 0.15) is 41.3 Å². The van der Waals surface area contributed by atoms with Gasteiger partial charge in [-0.05, 0) is 26.8 Å². The number of aromatic nitrogens is 3. The summed E-state index contributed by atoms with van der Waals surface area (Å²) in [7, 11) is 3.09. The minimum Gasteiger partial charge on any atom is -0.490 e. The Labute approximate surface area is 173 Å². The summed E-state index contributed by atoms with van der Waals surface area (Å²) in [5, 5.41) is -0.153. The number of nitrogen functional groups attached to an aromatic ring is 1. The quantitative estimate of drug-likeness (QED) is 0.684. The number of imidazole rings is 1. The van der Waals surface area contributed by atoms with Crippen LogP contribution in [-0.4, -0.2) is 45.4 Å². The molecule has 0 fully saturated rings. The molecule has 0 unspecified atom stereocenters. The highest BCUT2D eigenvalue weighted by atomic mass is 35.5. The zero-order valence-electron chi connectivity index (χ0n) is 17.0. The maximum absolute atomic E-state index is 14.8. The highest BCUT2D eigenvalue weighted by molar-refractivity contribution is 6.31. The SMILES string of the molecule is Cc1nc(Cc2cc(Cl)c(F)c(C(=O)N(C)C)c2OC(C)C)n2ccnc(N)c12. The van der Waals surface area contributed by atoms with Crippen molar-refractivity contribution >= 4 is 28.8 Å². The van der Waals surface area contributed by atoms with Crippen molar-refractivity contribution in [2.24, 2.45) is 0 Å². The molecule has 0 atom stereocenters. The standard InChI is InChI=1S/C20H23ClFN5O2/c1-10(2)29-18-12(8-13(21)16(22)15(18)20(28)26(4)5)9-14-25-11(3)17-19(23)24-6-7-27(14)17/h6-8,10H,9H2,1-5H3,(H2,23,24). The Morgan fingerprint density at radius 2 is 2.10 bits per heavy atom. The lowest BCUT2D eigenvalue weighted by Crippen LogP contribution is -2.25. The number of rotatable bonds is 5. The molecule has 1 aromatic carbocycles. The molecule has 3 rings (SSSR count). The van der Waals surface area contributed by atoms with E-state index in [-0.39, 0.29) is 28.9 Å². The predicted molar refractivity (Wildman–Crippen MR) is 110 cm³/mol. The fraction of sp³-hybridized carbons (Fsp3) is 0.350. The van der Waals surface area contributed by atoms with E-state index in [9.17, 15) is 9.18 Å². The van der Waals surface area contributed by atoms with E-state index in [2.05, 4.69) is 9.97 Å². The van der Waals surface area contributed by atoms with E-state index in [1.54, 1.807) is 26.5 Å². The zero-order valence-corrected chi connectivity index (χ0v) is 17.7. The van der Waals surface area contributed by atoms with Crippen molar-refractivity contribution in [2.75, 3.05) is 19.8 Å². The van der Waals surface area contributed by atoms with Gasteiger partial charge in [0.25, 0.3) is 5.91 Å². The van der Waals surface area contributed by atoms with E-state index in [1.165, 1.54) is 11.0 Å². The molecule has 0 radical (unpaired) electrons. The number of nitrogens with zero attached hydrogens (tertiary/aromatic N) is 4. The van der Waals surface area contributed by atoms with Crippen LogP contribution in [0.2, 0.25) is 5.02 Å². The highest BCUT2D eigenvalue weighted by Crippen LogP contribution is 2.35. The molecule has 0 aliphatic rings. The fourth-order valence-corrected chi connectivity index (χ4v) is 3.41. The average molecular weight is 420 g/mol. The van der Waals surface area contributed by atoms with Crippen LogP contribution in [0.15, 0.2) is 18.5 Å².